The standard InChI is InChI=1S/C31H37N3O5S/c1-7-20(2)32-31(35)25-17-27(26-19-40-30(33-26)18-39-24-11-9-23(36-4)10-12-24)34(21(25)3)15-14-22-8-13-28(37-5)29(16-22)38-6/h8-13,16-17,19-20H,7,14-15,18H2,1-6H3,(H,32,35). The summed E-state index contributed by atoms with van der Waals surface area (Å²) in [6, 6.07) is 15.5. The number of amides is 1. The first kappa shape index (κ1) is 29.0. The number of benzene rings is 2. The summed E-state index contributed by atoms with van der Waals surface area (Å²) in [6.07, 6.45) is 1.61. The Morgan fingerprint density at radius 1 is 1.00 bits per heavy atom. The number of ether oxygens (including phenoxy) is 4. The molecule has 40 heavy (non-hydrogen) atoms. The molecule has 9 heteroatoms. The lowest BCUT2D eigenvalue weighted by Gasteiger charge is -2.14. The predicted molar refractivity (Wildman–Crippen MR) is 158 cm³/mol. The third kappa shape index (κ3) is 6.77. The number of aromatic nitrogens is 2. The molecular weight excluding hydrogens is 526 g/mol. The first-order valence-electron chi connectivity index (χ1n) is 13.3. The largest absolute Gasteiger partial charge is 0.497 e. The fourth-order valence-electron chi connectivity index (χ4n) is 4.37. The van der Waals surface area contributed by atoms with E-state index in [1.54, 1.807) is 21.3 Å². The van der Waals surface area contributed by atoms with E-state index in [-0.39, 0.29) is 11.9 Å². The molecule has 4 rings (SSSR count). The molecule has 2 heterocycles. The van der Waals surface area contributed by atoms with E-state index in [9.17, 15) is 4.79 Å². The molecule has 0 aliphatic heterocycles. The van der Waals surface area contributed by atoms with Crippen LogP contribution in [-0.4, -0.2) is 42.8 Å². The maximum absolute atomic E-state index is 13.2. The average molecular weight is 564 g/mol. The lowest BCUT2D eigenvalue weighted by atomic mass is 10.1. The first-order chi connectivity index (χ1) is 19.4. The van der Waals surface area contributed by atoms with Crippen LogP contribution in [0.5, 0.6) is 23.0 Å². The van der Waals surface area contributed by atoms with E-state index in [0.29, 0.717) is 30.2 Å². The van der Waals surface area contributed by atoms with Crippen LogP contribution in [0.1, 0.15) is 46.9 Å². The number of thiazole rings is 1. The number of hydrogen-bond acceptors (Lipinski definition) is 7. The van der Waals surface area contributed by atoms with Crippen molar-refractivity contribution < 1.29 is 23.7 Å². The Morgan fingerprint density at radius 3 is 2.40 bits per heavy atom. The van der Waals surface area contributed by atoms with Gasteiger partial charge >= 0.3 is 0 Å². The van der Waals surface area contributed by atoms with Crippen LogP contribution in [0, 0.1) is 6.92 Å². The van der Waals surface area contributed by atoms with E-state index in [0.717, 1.165) is 52.0 Å². The molecule has 0 fully saturated rings. The van der Waals surface area contributed by atoms with Crippen molar-refractivity contribution in [3.05, 3.63) is 75.7 Å². The van der Waals surface area contributed by atoms with Gasteiger partial charge in [-0.3, -0.25) is 4.79 Å². The zero-order chi connectivity index (χ0) is 28.6. The molecule has 212 valence electrons. The van der Waals surface area contributed by atoms with E-state index >= 15 is 0 Å². The minimum Gasteiger partial charge on any atom is -0.497 e. The zero-order valence-corrected chi connectivity index (χ0v) is 24.8. The van der Waals surface area contributed by atoms with E-state index < -0.39 is 0 Å². The van der Waals surface area contributed by atoms with E-state index in [2.05, 4.69) is 16.8 Å². The Labute approximate surface area is 239 Å². The van der Waals surface area contributed by atoms with Crippen molar-refractivity contribution in [2.75, 3.05) is 21.3 Å². The van der Waals surface area contributed by atoms with Gasteiger partial charge in [0.15, 0.2) is 11.5 Å². The van der Waals surface area contributed by atoms with Gasteiger partial charge in [0.1, 0.15) is 23.1 Å². The lowest BCUT2D eigenvalue weighted by molar-refractivity contribution is 0.0938. The number of rotatable bonds is 13. The summed E-state index contributed by atoms with van der Waals surface area (Å²) >= 11 is 1.54. The van der Waals surface area contributed by atoms with Crippen molar-refractivity contribution in [2.45, 2.75) is 52.8 Å². The molecule has 1 atom stereocenters. The molecule has 0 radical (unpaired) electrons. The molecule has 0 saturated carbocycles. The monoisotopic (exact) mass is 563 g/mol. The maximum atomic E-state index is 13.2. The van der Waals surface area contributed by atoms with Gasteiger partial charge in [-0.05, 0) is 74.7 Å². The molecule has 0 saturated heterocycles. The number of hydrogen-bond donors (Lipinski definition) is 1. The predicted octanol–water partition coefficient (Wildman–Crippen LogP) is 6.30. The summed E-state index contributed by atoms with van der Waals surface area (Å²) in [7, 11) is 4.90. The lowest BCUT2D eigenvalue weighted by Crippen LogP contribution is -2.32. The van der Waals surface area contributed by atoms with Gasteiger partial charge in [0.2, 0.25) is 0 Å². The van der Waals surface area contributed by atoms with Crippen molar-refractivity contribution in [1.82, 2.24) is 14.9 Å². The third-order valence-electron chi connectivity index (χ3n) is 6.91. The molecular formula is C31H37N3O5S. The molecule has 8 nitrogen and oxygen atoms in total. The fraction of sp³-hybridized carbons (Fsp3) is 0.355. The highest BCUT2D eigenvalue weighted by Gasteiger charge is 2.21. The van der Waals surface area contributed by atoms with Gasteiger partial charge in [-0.15, -0.1) is 11.3 Å². The normalized spacial score (nSPS) is 11.7. The van der Waals surface area contributed by atoms with E-state index in [4.69, 9.17) is 23.9 Å². The van der Waals surface area contributed by atoms with Crippen LogP contribution in [0.2, 0.25) is 0 Å². The molecule has 2 aromatic heterocycles. The van der Waals surface area contributed by atoms with Crippen LogP contribution in [0.15, 0.2) is 53.9 Å². The highest BCUT2D eigenvalue weighted by molar-refractivity contribution is 7.09. The molecule has 0 aliphatic rings. The highest BCUT2D eigenvalue weighted by Crippen LogP contribution is 2.31. The summed E-state index contributed by atoms with van der Waals surface area (Å²) in [4.78, 5) is 18.0. The molecule has 2 aromatic carbocycles. The molecule has 0 bridgehead atoms. The van der Waals surface area contributed by atoms with Crippen molar-refractivity contribution in [3.8, 4) is 34.4 Å². The average Bonchev–Trinajstić information content (AvgIpc) is 3.58. The minimum atomic E-state index is -0.0729. The third-order valence-corrected chi connectivity index (χ3v) is 7.73. The van der Waals surface area contributed by atoms with Gasteiger partial charge in [0.25, 0.3) is 5.91 Å². The Balaban J connectivity index is 1.59. The van der Waals surface area contributed by atoms with Crippen LogP contribution in [0.4, 0.5) is 0 Å². The number of carbonyl (C=O) groups excluding carboxylic acids is 1. The van der Waals surface area contributed by atoms with Gasteiger partial charge in [-0.2, -0.15) is 0 Å². The zero-order valence-electron chi connectivity index (χ0n) is 23.9. The van der Waals surface area contributed by atoms with Crippen molar-refractivity contribution in [1.29, 1.82) is 0 Å². The smallest absolute Gasteiger partial charge is 0.253 e. The Hall–Kier alpha value is -3.98. The number of nitrogens with one attached hydrogen (secondary N) is 1. The molecule has 0 spiro atoms. The van der Waals surface area contributed by atoms with Crippen LogP contribution in [-0.2, 0) is 19.6 Å². The second-order valence-corrected chi connectivity index (χ2v) is 10.4. The first-order valence-corrected chi connectivity index (χ1v) is 14.2. The van der Waals surface area contributed by atoms with Crippen LogP contribution < -0.4 is 24.3 Å². The molecule has 1 unspecified atom stereocenters. The van der Waals surface area contributed by atoms with Crippen molar-refractivity contribution in [3.63, 3.8) is 0 Å². The summed E-state index contributed by atoms with van der Waals surface area (Å²) in [5.41, 5.74) is 4.39. The SMILES string of the molecule is CCC(C)NC(=O)c1cc(-c2csc(COc3ccc(OC)cc3)n2)n(CCc2ccc(OC)c(OC)c2)c1C. The van der Waals surface area contributed by atoms with Crippen LogP contribution >= 0.6 is 11.3 Å². The summed E-state index contributed by atoms with van der Waals surface area (Å²) in [6.45, 7) is 7.08. The molecule has 1 N–H and O–H groups in total. The topological polar surface area (TPSA) is 83.8 Å². The quantitative estimate of drug-likeness (QED) is 0.206. The van der Waals surface area contributed by atoms with Gasteiger partial charge in [-0.1, -0.05) is 13.0 Å². The van der Waals surface area contributed by atoms with Gasteiger partial charge in [0, 0.05) is 23.7 Å². The van der Waals surface area contributed by atoms with Crippen LogP contribution in [0.25, 0.3) is 11.4 Å². The Bertz CT molecular complexity index is 1430. The number of aryl methyl sites for hydroxylation is 1. The summed E-state index contributed by atoms with van der Waals surface area (Å²) in [5.74, 6) is 2.84. The van der Waals surface area contributed by atoms with Gasteiger partial charge in [0.05, 0.1) is 38.3 Å². The van der Waals surface area contributed by atoms with Crippen LogP contribution in [0.3, 0.4) is 0 Å². The summed E-state index contributed by atoms with van der Waals surface area (Å²) in [5, 5.41) is 5.97. The molecule has 0 aliphatic carbocycles. The Morgan fingerprint density at radius 2 is 1.73 bits per heavy atom. The maximum Gasteiger partial charge on any atom is 0.253 e. The molecule has 1 amide bonds. The van der Waals surface area contributed by atoms with Crippen molar-refractivity contribution >= 4 is 17.2 Å². The number of methoxy groups -OCH3 is 3. The number of carbonyl (C=O) groups is 1. The highest BCUT2D eigenvalue weighted by atomic mass is 32.1. The van der Waals surface area contributed by atoms with Gasteiger partial charge in [-0.25, -0.2) is 4.98 Å². The Kier molecular flexibility index (Phi) is 9.71. The minimum absolute atomic E-state index is 0.0729. The number of nitrogens with zero attached hydrogens (tertiary/aromatic N) is 2. The summed E-state index contributed by atoms with van der Waals surface area (Å²) < 4.78 is 24.2. The van der Waals surface area contributed by atoms with E-state index in [1.165, 1.54) is 11.3 Å². The van der Waals surface area contributed by atoms with E-state index in [1.807, 2.05) is 67.8 Å². The molecule has 4 aromatic rings. The second kappa shape index (κ2) is 13.4. The van der Waals surface area contributed by atoms with Crippen molar-refractivity contribution in [2.24, 2.45) is 0 Å². The van der Waals surface area contributed by atoms with Gasteiger partial charge < -0.3 is 28.8 Å². The fourth-order valence-corrected chi connectivity index (χ4v) is 5.07. The second-order valence-electron chi connectivity index (χ2n) is 9.49.